The van der Waals surface area contributed by atoms with Gasteiger partial charge in [0.05, 0.1) is 0 Å². The second kappa shape index (κ2) is 8.33. The fourth-order valence-electron chi connectivity index (χ4n) is 5.72. The topological polar surface area (TPSA) is 0 Å². The molecule has 1 fully saturated rings. The molecule has 0 aliphatic heterocycles. The van der Waals surface area contributed by atoms with E-state index in [1.807, 2.05) is 13.0 Å². The molecule has 2 aromatic rings. The maximum atomic E-state index is 14.4. The molecule has 1 saturated carbocycles. The SMILES string of the molecule is C/C=C/CC[C@@H]1CC[C@H]2c3cc(F)cc(F)c3CC[C@@H]2[C@H]1c1ccc(F)c(F)c1. The van der Waals surface area contributed by atoms with Crippen LogP contribution >= 0.6 is 0 Å². The van der Waals surface area contributed by atoms with Gasteiger partial charge in [0.2, 0.25) is 0 Å². The quantitative estimate of drug-likeness (QED) is 0.368. The van der Waals surface area contributed by atoms with Gasteiger partial charge in [0.1, 0.15) is 11.6 Å². The van der Waals surface area contributed by atoms with E-state index in [-0.39, 0.29) is 17.8 Å². The summed E-state index contributed by atoms with van der Waals surface area (Å²) in [6.45, 7) is 1.99. The molecule has 2 aliphatic rings. The van der Waals surface area contributed by atoms with Crippen molar-refractivity contribution in [3.05, 3.63) is 82.4 Å². The van der Waals surface area contributed by atoms with Gasteiger partial charge in [-0.25, -0.2) is 17.6 Å². The third kappa shape index (κ3) is 3.86. The molecule has 0 spiro atoms. The number of hydrogen-bond donors (Lipinski definition) is 0. The molecule has 0 saturated heterocycles. The van der Waals surface area contributed by atoms with Gasteiger partial charge in [0, 0.05) is 6.07 Å². The lowest BCUT2D eigenvalue weighted by atomic mass is 9.57. The van der Waals surface area contributed by atoms with E-state index < -0.39 is 23.3 Å². The fraction of sp³-hybridized carbons (Fsp3) is 0.440. The molecule has 2 aliphatic carbocycles. The van der Waals surface area contributed by atoms with Crippen molar-refractivity contribution in [3.63, 3.8) is 0 Å². The summed E-state index contributed by atoms with van der Waals surface area (Å²) < 4.78 is 55.9. The maximum absolute atomic E-state index is 14.4. The van der Waals surface area contributed by atoms with E-state index in [0.29, 0.717) is 17.9 Å². The van der Waals surface area contributed by atoms with Crippen molar-refractivity contribution in [1.29, 1.82) is 0 Å². The number of benzene rings is 2. The summed E-state index contributed by atoms with van der Waals surface area (Å²) >= 11 is 0. The van der Waals surface area contributed by atoms with Crippen molar-refractivity contribution in [2.24, 2.45) is 11.8 Å². The highest BCUT2D eigenvalue weighted by molar-refractivity contribution is 5.38. The van der Waals surface area contributed by atoms with Gasteiger partial charge in [0.25, 0.3) is 0 Å². The van der Waals surface area contributed by atoms with E-state index in [1.54, 1.807) is 6.07 Å². The minimum Gasteiger partial charge on any atom is -0.207 e. The van der Waals surface area contributed by atoms with E-state index in [2.05, 4.69) is 6.08 Å². The van der Waals surface area contributed by atoms with E-state index in [9.17, 15) is 17.6 Å². The van der Waals surface area contributed by atoms with Crippen LogP contribution in [-0.2, 0) is 6.42 Å². The molecule has 0 heterocycles. The molecule has 4 rings (SSSR count). The Bertz CT molecular complexity index is 917. The first-order chi connectivity index (χ1) is 14.0. The van der Waals surface area contributed by atoms with Crippen LogP contribution in [0, 0.1) is 35.1 Å². The number of allylic oxidation sites excluding steroid dienone is 2. The van der Waals surface area contributed by atoms with E-state index >= 15 is 0 Å². The highest BCUT2D eigenvalue weighted by Crippen LogP contribution is 2.55. The van der Waals surface area contributed by atoms with Crippen LogP contribution in [-0.4, -0.2) is 0 Å². The molecule has 4 atom stereocenters. The van der Waals surface area contributed by atoms with Gasteiger partial charge in [0.15, 0.2) is 11.6 Å². The number of rotatable bonds is 4. The smallest absolute Gasteiger partial charge is 0.159 e. The van der Waals surface area contributed by atoms with Crippen molar-refractivity contribution < 1.29 is 17.6 Å². The molecule has 0 aromatic heterocycles. The monoisotopic (exact) mass is 402 g/mol. The Morgan fingerprint density at radius 2 is 1.76 bits per heavy atom. The van der Waals surface area contributed by atoms with Gasteiger partial charge in [-0.1, -0.05) is 18.2 Å². The predicted molar refractivity (Wildman–Crippen MR) is 107 cm³/mol. The van der Waals surface area contributed by atoms with E-state index in [1.165, 1.54) is 18.2 Å². The first-order valence-corrected chi connectivity index (χ1v) is 10.5. The van der Waals surface area contributed by atoms with Gasteiger partial charge in [-0.05, 0) is 104 Å². The molecule has 0 unspecified atom stereocenters. The normalized spacial score (nSPS) is 26.4. The third-order valence-electron chi connectivity index (χ3n) is 6.92. The first kappa shape index (κ1) is 20.2. The molecular weight excluding hydrogens is 376 g/mol. The molecule has 2 aromatic carbocycles. The highest BCUT2D eigenvalue weighted by atomic mass is 19.2. The lowest BCUT2D eigenvalue weighted by molar-refractivity contribution is 0.160. The summed E-state index contributed by atoms with van der Waals surface area (Å²) in [5.41, 5.74) is 2.21. The van der Waals surface area contributed by atoms with Gasteiger partial charge < -0.3 is 0 Å². The lowest BCUT2D eigenvalue weighted by Crippen LogP contribution is -2.35. The van der Waals surface area contributed by atoms with E-state index in [0.717, 1.165) is 49.3 Å². The molecular formula is C25H26F4. The number of fused-ring (bicyclic) bond motifs is 3. The standard InChI is InChI=1S/C25H26F4/c1-2-3-4-5-15-6-8-18-20(25(15)16-7-11-22(27)24(29)12-16)10-9-19-21(18)13-17(26)14-23(19)28/h2-3,7,11-15,18,20,25H,4-6,8-10H2,1H3/b3-2+/t15-,18-,20+,25-/m1/s1. The van der Waals surface area contributed by atoms with Crippen LogP contribution in [0.15, 0.2) is 42.5 Å². The zero-order valence-corrected chi connectivity index (χ0v) is 16.6. The molecule has 0 amide bonds. The number of hydrogen-bond acceptors (Lipinski definition) is 0. The summed E-state index contributed by atoms with van der Waals surface area (Å²) in [6.07, 6.45) is 9.21. The fourth-order valence-corrected chi connectivity index (χ4v) is 5.72. The number of halogens is 4. The van der Waals surface area contributed by atoms with Crippen LogP contribution < -0.4 is 0 Å². The van der Waals surface area contributed by atoms with Crippen LogP contribution in [0.25, 0.3) is 0 Å². The summed E-state index contributed by atoms with van der Waals surface area (Å²) in [4.78, 5) is 0. The second-order valence-electron chi connectivity index (χ2n) is 8.45. The summed E-state index contributed by atoms with van der Waals surface area (Å²) in [5.74, 6) is -2.03. The van der Waals surface area contributed by atoms with Crippen molar-refractivity contribution in [3.8, 4) is 0 Å². The van der Waals surface area contributed by atoms with Crippen molar-refractivity contribution in [1.82, 2.24) is 0 Å². The summed E-state index contributed by atoms with van der Waals surface area (Å²) in [7, 11) is 0. The summed E-state index contributed by atoms with van der Waals surface area (Å²) in [5, 5.41) is 0. The minimum absolute atomic E-state index is 0.0556. The zero-order valence-electron chi connectivity index (χ0n) is 16.6. The lowest BCUT2D eigenvalue weighted by Gasteiger charge is -2.47. The van der Waals surface area contributed by atoms with Crippen LogP contribution in [0.5, 0.6) is 0 Å². The van der Waals surface area contributed by atoms with Crippen molar-refractivity contribution in [2.75, 3.05) is 0 Å². The zero-order chi connectivity index (χ0) is 20.5. The van der Waals surface area contributed by atoms with Crippen LogP contribution in [0.3, 0.4) is 0 Å². The molecule has 154 valence electrons. The Morgan fingerprint density at radius 3 is 2.52 bits per heavy atom. The van der Waals surface area contributed by atoms with E-state index in [4.69, 9.17) is 0 Å². The van der Waals surface area contributed by atoms with Crippen LogP contribution in [0.1, 0.15) is 67.6 Å². The molecule has 0 nitrogen and oxygen atoms in total. The Balaban J connectivity index is 1.73. The Morgan fingerprint density at radius 1 is 0.931 bits per heavy atom. The Hall–Kier alpha value is -2.10. The van der Waals surface area contributed by atoms with Crippen LogP contribution in [0.4, 0.5) is 17.6 Å². The predicted octanol–water partition coefficient (Wildman–Crippen LogP) is 7.44. The summed E-state index contributed by atoms with van der Waals surface area (Å²) in [6, 6.07) is 6.67. The molecule has 29 heavy (non-hydrogen) atoms. The second-order valence-corrected chi connectivity index (χ2v) is 8.45. The van der Waals surface area contributed by atoms with Gasteiger partial charge in [-0.3, -0.25) is 0 Å². The van der Waals surface area contributed by atoms with Gasteiger partial charge in [-0.2, -0.15) is 0 Å². The van der Waals surface area contributed by atoms with Crippen LogP contribution in [0.2, 0.25) is 0 Å². The Labute approximate surface area is 169 Å². The molecule has 0 radical (unpaired) electrons. The molecule has 4 heteroatoms. The van der Waals surface area contributed by atoms with Crippen molar-refractivity contribution >= 4 is 0 Å². The average Bonchev–Trinajstić information content (AvgIpc) is 2.69. The minimum atomic E-state index is -0.843. The Kier molecular flexibility index (Phi) is 5.80. The average molecular weight is 402 g/mol. The molecule has 0 bridgehead atoms. The first-order valence-electron chi connectivity index (χ1n) is 10.5. The third-order valence-corrected chi connectivity index (χ3v) is 6.92. The largest absolute Gasteiger partial charge is 0.207 e. The van der Waals surface area contributed by atoms with Crippen molar-refractivity contribution in [2.45, 2.75) is 57.3 Å². The molecule has 0 N–H and O–H groups in total. The van der Waals surface area contributed by atoms with Gasteiger partial charge in [-0.15, -0.1) is 0 Å². The highest BCUT2D eigenvalue weighted by Gasteiger charge is 2.43. The van der Waals surface area contributed by atoms with Gasteiger partial charge >= 0.3 is 0 Å². The maximum Gasteiger partial charge on any atom is 0.159 e.